The number of halogens is 3. The van der Waals surface area contributed by atoms with Crippen LogP contribution in [0.1, 0.15) is 19.3 Å². The maximum absolute atomic E-state index is 13.8. The van der Waals surface area contributed by atoms with Gasteiger partial charge in [-0.25, -0.2) is 0 Å². The van der Waals surface area contributed by atoms with E-state index in [0.717, 1.165) is 19.3 Å². The second-order valence-corrected chi connectivity index (χ2v) is 12.4. The van der Waals surface area contributed by atoms with Gasteiger partial charge in [0, 0.05) is 11.8 Å². The Bertz CT molecular complexity index is 494. The van der Waals surface area contributed by atoms with Gasteiger partial charge in [0.2, 0.25) is 0 Å². The van der Waals surface area contributed by atoms with Crippen LogP contribution in [0.25, 0.3) is 0 Å². The van der Waals surface area contributed by atoms with Crippen LogP contribution >= 0.6 is 0 Å². The first kappa shape index (κ1) is 13.4. The summed E-state index contributed by atoms with van der Waals surface area (Å²) in [6, 6.07) is 0. The van der Waals surface area contributed by atoms with Crippen LogP contribution in [-0.2, 0) is 4.43 Å². The molecule has 0 aromatic rings. The van der Waals surface area contributed by atoms with Crippen molar-refractivity contribution in [3.8, 4) is 0 Å². The zero-order valence-electron chi connectivity index (χ0n) is 12.1. The minimum atomic E-state index is -4.17. The molecule has 112 valence electrons. The maximum atomic E-state index is 13.8. The van der Waals surface area contributed by atoms with E-state index < -0.39 is 25.5 Å². The summed E-state index contributed by atoms with van der Waals surface area (Å²) in [5.74, 6) is 0.371. The van der Waals surface area contributed by atoms with Gasteiger partial charge in [0.1, 0.15) is 5.41 Å². The molecular weight excluding hydrogens is 281 g/mol. The van der Waals surface area contributed by atoms with E-state index in [-0.39, 0.29) is 17.8 Å². The number of hydrogen-bond donors (Lipinski definition) is 0. The van der Waals surface area contributed by atoms with Crippen molar-refractivity contribution in [2.75, 3.05) is 0 Å². The van der Waals surface area contributed by atoms with Crippen LogP contribution in [-0.4, -0.2) is 20.1 Å². The molecule has 0 spiro atoms. The van der Waals surface area contributed by atoms with E-state index >= 15 is 0 Å². The smallest absolute Gasteiger partial charge is 0.400 e. The monoisotopic (exact) mass is 302 g/mol. The molecule has 20 heavy (non-hydrogen) atoms. The lowest BCUT2D eigenvalue weighted by Gasteiger charge is -2.34. The molecule has 5 heteroatoms. The van der Waals surface area contributed by atoms with Gasteiger partial charge in [-0.05, 0) is 44.3 Å². The molecule has 0 N–H and O–H groups in total. The van der Waals surface area contributed by atoms with Crippen molar-refractivity contribution >= 4 is 8.32 Å². The first-order chi connectivity index (χ1) is 9.15. The zero-order valence-corrected chi connectivity index (χ0v) is 13.1. The Labute approximate surface area is 118 Å². The van der Waals surface area contributed by atoms with E-state index in [2.05, 4.69) is 0 Å². The molecule has 0 aromatic heterocycles. The van der Waals surface area contributed by atoms with Gasteiger partial charge in [0.25, 0.3) is 0 Å². The fraction of sp³-hybridized carbons (Fsp3) is 0.867. The van der Waals surface area contributed by atoms with Gasteiger partial charge in [0.05, 0.1) is 5.60 Å². The van der Waals surface area contributed by atoms with E-state index in [1.165, 1.54) is 6.08 Å². The summed E-state index contributed by atoms with van der Waals surface area (Å²) in [6.45, 7) is 6.03. The van der Waals surface area contributed by atoms with Gasteiger partial charge in [-0.1, -0.05) is 18.6 Å². The number of hydrogen-bond acceptors (Lipinski definition) is 1. The topological polar surface area (TPSA) is 9.23 Å². The van der Waals surface area contributed by atoms with Crippen LogP contribution in [0.3, 0.4) is 0 Å². The molecule has 0 radical (unpaired) electrons. The second kappa shape index (κ2) is 3.37. The van der Waals surface area contributed by atoms with Gasteiger partial charge in [-0.15, -0.1) is 0 Å². The highest BCUT2D eigenvalue weighted by Crippen LogP contribution is 2.87. The Morgan fingerprint density at radius 2 is 1.80 bits per heavy atom. The Morgan fingerprint density at radius 1 is 1.15 bits per heavy atom. The van der Waals surface area contributed by atoms with Crippen molar-refractivity contribution in [1.82, 2.24) is 0 Å². The molecule has 3 saturated carbocycles. The molecule has 6 atom stereocenters. The molecule has 0 aromatic carbocycles. The lowest BCUT2D eigenvalue weighted by Crippen LogP contribution is -2.43. The molecular formula is C15H21F3OSi. The van der Waals surface area contributed by atoms with Crippen molar-refractivity contribution in [2.45, 2.75) is 50.7 Å². The molecule has 0 aliphatic heterocycles. The van der Waals surface area contributed by atoms with Crippen LogP contribution in [0, 0.1) is 29.1 Å². The zero-order chi connectivity index (χ0) is 14.6. The van der Waals surface area contributed by atoms with E-state index in [1.54, 1.807) is 0 Å². The van der Waals surface area contributed by atoms with E-state index in [9.17, 15) is 13.2 Å². The minimum absolute atomic E-state index is 0.00773. The average Bonchev–Trinajstić information content (AvgIpc) is 2.62. The Morgan fingerprint density at radius 3 is 2.40 bits per heavy atom. The highest BCUT2D eigenvalue weighted by atomic mass is 28.4. The summed E-state index contributed by atoms with van der Waals surface area (Å²) >= 11 is 0. The molecule has 0 bridgehead atoms. The van der Waals surface area contributed by atoms with Gasteiger partial charge in [-0.3, -0.25) is 0 Å². The average molecular weight is 302 g/mol. The number of alkyl halides is 3. The van der Waals surface area contributed by atoms with Crippen molar-refractivity contribution < 1.29 is 17.6 Å². The predicted octanol–water partition coefficient (Wildman–Crippen LogP) is 4.37. The molecule has 1 unspecified atom stereocenters. The van der Waals surface area contributed by atoms with Crippen LogP contribution in [0.2, 0.25) is 19.6 Å². The molecule has 3 fully saturated rings. The third-order valence-electron chi connectivity index (χ3n) is 6.04. The molecule has 1 nitrogen and oxygen atoms in total. The van der Waals surface area contributed by atoms with Crippen molar-refractivity contribution in [2.24, 2.45) is 29.1 Å². The van der Waals surface area contributed by atoms with E-state index in [4.69, 9.17) is 4.43 Å². The van der Waals surface area contributed by atoms with Crippen molar-refractivity contribution in [1.29, 1.82) is 0 Å². The fourth-order valence-corrected chi connectivity index (χ4v) is 7.29. The number of fused-ring (bicyclic) bond motifs is 4. The van der Waals surface area contributed by atoms with Gasteiger partial charge in [-0.2, -0.15) is 13.2 Å². The van der Waals surface area contributed by atoms with E-state index in [0.29, 0.717) is 5.92 Å². The summed E-state index contributed by atoms with van der Waals surface area (Å²) in [7, 11) is -2.01. The summed E-state index contributed by atoms with van der Waals surface area (Å²) in [5, 5.41) is 0. The largest absolute Gasteiger partial charge is 0.410 e. The Balaban J connectivity index is 1.81. The SMILES string of the molecule is C[Si](C)(C)O[C@@]12C3C=C[C@]1(C(F)(F)F)[C@@H]2[C@@H]1CCC[C@H]31. The van der Waals surface area contributed by atoms with E-state index in [1.807, 2.05) is 25.7 Å². The summed E-state index contributed by atoms with van der Waals surface area (Å²) in [4.78, 5) is 0. The van der Waals surface area contributed by atoms with Crippen LogP contribution < -0.4 is 0 Å². The summed E-state index contributed by atoms with van der Waals surface area (Å²) < 4.78 is 47.7. The molecule has 4 rings (SSSR count). The van der Waals surface area contributed by atoms with Crippen molar-refractivity contribution in [3.05, 3.63) is 12.2 Å². The lowest BCUT2D eigenvalue weighted by molar-refractivity contribution is -0.195. The highest BCUT2D eigenvalue weighted by molar-refractivity contribution is 6.69. The van der Waals surface area contributed by atoms with Gasteiger partial charge >= 0.3 is 6.18 Å². The summed E-state index contributed by atoms with van der Waals surface area (Å²) in [6.07, 6.45) is 2.28. The first-order valence-electron chi connectivity index (χ1n) is 7.61. The predicted molar refractivity (Wildman–Crippen MR) is 72.6 cm³/mol. The molecule has 4 aliphatic rings. The second-order valence-electron chi connectivity index (χ2n) is 8.00. The standard InChI is InChI=1S/C15H21F3OSi/c1-20(2,3)19-14-11-7-8-13(14,15(16,17)18)12(14)10-6-4-5-9(10)11/h7-12H,4-6H2,1-3H3/t9-,10+,11?,12-,13-,14+/m0/s1. The number of rotatable bonds is 2. The van der Waals surface area contributed by atoms with Crippen LogP contribution in [0.15, 0.2) is 12.2 Å². The first-order valence-corrected chi connectivity index (χ1v) is 11.0. The molecule has 0 saturated heterocycles. The molecule has 0 amide bonds. The van der Waals surface area contributed by atoms with Crippen molar-refractivity contribution in [3.63, 3.8) is 0 Å². The van der Waals surface area contributed by atoms with Gasteiger partial charge in [0.15, 0.2) is 8.32 Å². The Hall–Kier alpha value is -0.293. The van der Waals surface area contributed by atoms with Crippen LogP contribution in [0.5, 0.6) is 0 Å². The third kappa shape index (κ3) is 1.22. The lowest BCUT2D eigenvalue weighted by atomic mass is 9.82. The van der Waals surface area contributed by atoms with Crippen LogP contribution in [0.4, 0.5) is 13.2 Å². The fourth-order valence-electron chi connectivity index (χ4n) is 5.85. The quantitative estimate of drug-likeness (QED) is 0.543. The molecule has 4 aliphatic carbocycles. The highest BCUT2D eigenvalue weighted by Gasteiger charge is 2.95. The molecule has 0 heterocycles. The minimum Gasteiger partial charge on any atom is -0.410 e. The van der Waals surface area contributed by atoms with Gasteiger partial charge < -0.3 is 4.43 Å². The Kier molecular flexibility index (Phi) is 2.25. The normalized spacial score (nSPS) is 52.3. The third-order valence-corrected chi connectivity index (χ3v) is 6.99. The summed E-state index contributed by atoms with van der Waals surface area (Å²) in [5.41, 5.74) is -2.58. The maximum Gasteiger partial charge on any atom is 0.400 e.